The maximum atomic E-state index is 5.64. The highest BCUT2D eigenvalue weighted by molar-refractivity contribution is 5.61. The van der Waals surface area contributed by atoms with E-state index in [-0.39, 0.29) is 0 Å². The van der Waals surface area contributed by atoms with Crippen LogP contribution in [0.15, 0.2) is 12.1 Å². The van der Waals surface area contributed by atoms with Crippen molar-refractivity contribution in [3.8, 4) is 0 Å². The third-order valence-electron chi connectivity index (χ3n) is 3.11. The van der Waals surface area contributed by atoms with Crippen LogP contribution in [0.4, 0.5) is 17.3 Å². The molecule has 5 heteroatoms. The molecule has 1 fully saturated rings. The molecule has 0 atom stereocenters. The molecule has 5 nitrogen and oxygen atoms in total. The van der Waals surface area contributed by atoms with Crippen LogP contribution in [0.25, 0.3) is 0 Å². The van der Waals surface area contributed by atoms with Gasteiger partial charge in [0, 0.05) is 6.54 Å². The summed E-state index contributed by atoms with van der Waals surface area (Å²) in [6.07, 6.45) is 3.83. The van der Waals surface area contributed by atoms with Crippen LogP contribution >= 0.6 is 0 Å². The average molecular weight is 235 g/mol. The molecule has 0 aliphatic carbocycles. The Bertz CT molecular complexity index is 360. The lowest BCUT2D eigenvalue weighted by atomic mass is 10.3. The Balaban J connectivity index is 1.68. The number of nitrogens with one attached hydrogen (secondary N) is 1. The van der Waals surface area contributed by atoms with Gasteiger partial charge in [0.2, 0.25) is 0 Å². The molecule has 1 saturated heterocycles. The summed E-state index contributed by atoms with van der Waals surface area (Å²) >= 11 is 0. The second-order valence-corrected chi connectivity index (χ2v) is 4.50. The fraction of sp³-hybridized carbons (Fsp3) is 0.583. The molecule has 1 aliphatic heterocycles. The minimum atomic E-state index is 0.398. The lowest BCUT2D eigenvalue weighted by Gasteiger charge is -2.14. The molecule has 94 valence electrons. The Morgan fingerprint density at radius 1 is 1.24 bits per heavy atom. The van der Waals surface area contributed by atoms with Crippen molar-refractivity contribution in [3.05, 3.63) is 12.1 Å². The molecular formula is C12H21N5. The maximum absolute atomic E-state index is 5.64. The number of anilines is 3. The van der Waals surface area contributed by atoms with E-state index in [4.69, 9.17) is 11.5 Å². The molecule has 1 aromatic rings. The molecule has 0 bridgehead atoms. The smallest absolute Gasteiger partial charge is 0.149 e. The van der Waals surface area contributed by atoms with Gasteiger partial charge in [-0.05, 0) is 51.0 Å². The Labute approximate surface area is 102 Å². The fourth-order valence-corrected chi connectivity index (χ4v) is 2.11. The monoisotopic (exact) mass is 235 g/mol. The number of hydrogen-bond donors (Lipinski definition) is 3. The van der Waals surface area contributed by atoms with Crippen LogP contribution in [0, 0.1) is 0 Å². The van der Waals surface area contributed by atoms with Crippen LogP contribution in [0.5, 0.6) is 0 Å². The van der Waals surface area contributed by atoms with Gasteiger partial charge < -0.3 is 21.7 Å². The van der Waals surface area contributed by atoms with Crippen molar-refractivity contribution < 1.29 is 0 Å². The summed E-state index contributed by atoms with van der Waals surface area (Å²) < 4.78 is 0. The standard InChI is InChI=1S/C12H21N5/c13-10-4-5-11(16-12(10)14)15-6-3-9-17-7-1-2-8-17/h4-5H,1-3,6-9,13H2,(H3,14,15,16). The summed E-state index contributed by atoms with van der Waals surface area (Å²) in [5.41, 5.74) is 11.8. The van der Waals surface area contributed by atoms with Gasteiger partial charge in [-0.3, -0.25) is 0 Å². The van der Waals surface area contributed by atoms with Gasteiger partial charge in [0.25, 0.3) is 0 Å². The fourth-order valence-electron chi connectivity index (χ4n) is 2.11. The van der Waals surface area contributed by atoms with E-state index in [1.807, 2.05) is 6.07 Å². The number of nitrogens with two attached hydrogens (primary N) is 2. The number of rotatable bonds is 5. The van der Waals surface area contributed by atoms with E-state index >= 15 is 0 Å². The van der Waals surface area contributed by atoms with E-state index in [2.05, 4.69) is 15.2 Å². The van der Waals surface area contributed by atoms with Gasteiger partial charge in [0.05, 0.1) is 5.69 Å². The minimum absolute atomic E-state index is 0.398. The first-order valence-corrected chi connectivity index (χ1v) is 6.24. The van der Waals surface area contributed by atoms with Crippen LogP contribution in [0.3, 0.4) is 0 Å². The molecule has 1 aliphatic rings. The second-order valence-electron chi connectivity index (χ2n) is 4.50. The average Bonchev–Trinajstić information content (AvgIpc) is 2.82. The SMILES string of the molecule is Nc1ccc(NCCCN2CCCC2)nc1N. The summed E-state index contributed by atoms with van der Waals surface area (Å²) in [4.78, 5) is 6.68. The molecule has 5 N–H and O–H groups in total. The normalized spacial score (nSPS) is 16.2. The first-order chi connectivity index (χ1) is 8.25. The van der Waals surface area contributed by atoms with Crippen molar-refractivity contribution >= 4 is 17.3 Å². The van der Waals surface area contributed by atoms with Crippen molar-refractivity contribution in [3.63, 3.8) is 0 Å². The van der Waals surface area contributed by atoms with Gasteiger partial charge >= 0.3 is 0 Å². The topological polar surface area (TPSA) is 80.2 Å². The van der Waals surface area contributed by atoms with Crippen molar-refractivity contribution in [2.75, 3.05) is 43.0 Å². The highest BCUT2D eigenvalue weighted by Crippen LogP contribution is 2.14. The molecule has 0 saturated carbocycles. The van der Waals surface area contributed by atoms with Gasteiger partial charge in [-0.15, -0.1) is 0 Å². The molecule has 0 spiro atoms. The van der Waals surface area contributed by atoms with E-state index < -0.39 is 0 Å². The lowest BCUT2D eigenvalue weighted by molar-refractivity contribution is 0.337. The van der Waals surface area contributed by atoms with Crippen molar-refractivity contribution in [2.45, 2.75) is 19.3 Å². The molecule has 0 aromatic carbocycles. The third-order valence-corrected chi connectivity index (χ3v) is 3.11. The predicted octanol–water partition coefficient (Wildman–Crippen LogP) is 1.14. The Kier molecular flexibility index (Phi) is 4.03. The van der Waals surface area contributed by atoms with Gasteiger partial charge in [-0.2, -0.15) is 0 Å². The van der Waals surface area contributed by atoms with Gasteiger partial charge in [0.1, 0.15) is 11.6 Å². The summed E-state index contributed by atoms with van der Waals surface area (Å²) in [5, 5.41) is 3.26. The summed E-state index contributed by atoms with van der Waals surface area (Å²) in [6.45, 7) is 4.60. The van der Waals surface area contributed by atoms with Crippen LogP contribution < -0.4 is 16.8 Å². The summed E-state index contributed by atoms with van der Waals surface area (Å²) in [5.74, 6) is 1.20. The predicted molar refractivity (Wildman–Crippen MR) is 71.8 cm³/mol. The number of nitrogen functional groups attached to an aromatic ring is 2. The number of likely N-dealkylation sites (tertiary alicyclic amines) is 1. The zero-order valence-electron chi connectivity index (χ0n) is 10.2. The van der Waals surface area contributed by atoms with E-state index in [9.17, 15) is 0 Å². The highest BCUT2D eigenvalue weighted by atomic mass is 15.1. The number of aromatic nitrogens is 1. The molecule has 2 heterocycles. The molecule has 0 amide bonds. The van der Waals surface area contributed by atoms with E-state index in [0.29, 0.717) is 11.5 Å². The number of pyridine rings is 1. The molecular weight excluding hydrogens is 214 g/mol. The van der Waals surface area contributed by atoms with Crippen LogP contribution in [0.2, 0.25) is 0 Å². The quantitative estimate of drug-likeness (QED) is 0.667. The van der Waals surface area contributed by atoms with Crippen molar-refractivity contribution in [1.29, 1.82) is 0 Å². The van der Waals surface area contributed by atoms with E-state index in [1.54, 1.807) is 6.07 Å². The minimum Gasteiger partial charge on any atom is -0.396 e. The first kappa shape index (κ1) is 12.0. The van der Waals surface area contributed by atoms with Gasteiger partial charge in [0.15, 0.2) is 0 Å². The molecule has 0 radical (unpaired) electrons. The van der Waals surface area contributed by atoms with Crippen LogP contribution in [-0.4, -0.2) is 36.1 Å². The molecule has 2 rings (SSSR count). The molecule has 17 heavy (non-hydrogen) atoms. The van der Waals surface area contributed by atoms with Crippen LogP contribution in [0.1, 0.15) is 19.3 Å². The maximum Gasteiger partial charge on any atom is 0.149 e. The summed E-state index contributed by atoms with van der Waals surface area (Å²) in [7, 11) is 0. The van der Waals surface area contributed by atoms with E-state index in [0.717, 1.165) is 25.3 Å². The first-order valence-electron chi connectivity index (χ1n) is 6.24. The largest absolute Gasteiger partial charge is 0.396 e. The van der Waals surface area contributed by atoms with Crippen molar-refractivity contribution in [2.24, 2.45) is 0 Å². The zero-order chi connectivity index (χ0) is 12.1. The Hall–Kier alpha value is -1.49. The van der Waals surface area contributed by atoms with Crippen molar-refractivity contribution in [1.82, 2.24) is 9.88 Å². The molecule has 1 aromatic heterocycles. The second kappa shape index (κ2) is 5.72. The summed E-state index contributed by atoms with van der Waals surface area (Å²) in [6, 6.07) is 3.65. The Morgan fingerprint density at radius 2 is 2.00 bits per heavy atom. The van der Waals surface area contributed by atoms with Crippen LogP contribution in [-0.2, 0) is 0 Å². The zero-order valence-corrected chi connectivity index (χ0v) is 10.2. The van der Waals surface area contributed by atoms with Gasteiger partial charge in [-0.1, -0.05) is 0 Å². The molecule has 0 unspecified atom stereocenters. The van der Waals surface area contributed by atoms with E-state index in [1.165, 1.54) is 25.9 Å². The third kappa shape index (κ3) is 3.49. The highest BCUT2D eigenvalue weighted by Gasteiger charge is 2.10. The number of hydrogen-bond acceptors (Lipinski definition) is 5. The Morgan fingerprint density at radius 3 is 2.71 bits per heavy atom. The number of nitrogens with zero attached hydrogens (tertiary/aromatic N) is 2. The van der Waals surface area contributed by atoms with Gasteiger partial charge in [-0.25, -0.2) is 4.98 Å². The lowest BCUT2D eigenvalue weighted by Crippen LogP contribution is -2.22.